The van der Waals surface area contributed by atoms with Gasteiger partial charge in [0.1, 0.15) is 11.9 Å². The van der Waals surface area contributed by atoms with Crippen LogP contribution in [0, 0.1) is 0 Å². The van der Waals surface area contributed by atoms with Gasteiger partial charge in [-0.3, -0.25) is 19.5 Å². The van der Waals surface area contributed by atoms with E-state index >= 15 is 0 Å². The Labute approximate surface area is 115 Å². The van der Waals surface area contributed by atoms with Crippen molar-refractivity contribution >= 4 is 11.8 Å². The Morgan fingerprint density at radius 1 is 1.50 bits per heavy atom. The van der Waals surface area contributed by atoms with E-state index in [9.17, 15) is 14.0 Å². The van der Waals surface area contributed by atoms with Crippen molar-refractivity contribution in [3.8, 4) is 0 Å². The molecule has 1 aromatic rings. The van der Waals surface area contributed by atoms with E-state index in [0.29, 0.717) is 0 Å². The number of halogens is 1. The van der Waals surface area contributed by atoms with Crippen LogP contribution < -0.4 is 11.1 Å². The van der Waals surface area contributed by atoms with Crippen molar-refractivity contribution in [2.75, 3.05) is 19.6 Å². The van der Waals surface area contributed by atoms with Gasteiger partial charge in [-0.2, -0.15) is 0 Å². The lowest BCUT2D eigenvalue weighted by Gasteiger charge is -2.22. The highest BCUT2D eigenvalue weighted by Crippen LogP contribution is 2.19. The number of alkyl halides is 1. The van der Waals surface area contributed by atoms with Crippen LogP contribution >= 0.6 is 0 Å². The van der Waals surface area contributed by atoms with Gasteiger partial charge in [-0.1, -0.05) is 0 Å². The highest BCUT2D eigenvalue weighted by Gasteiger charge is 2.32. The van der Waals surface area contributed by atoms with Crippen LogP contribution in [0.3, 0.4) is 0 Å². The minimum Gasteiger partial charge on any atom is -0.369 e. The Balaban J connectivity index is 1.89. The van der Waals surface area contributed by atoms with Gasteiger partial charge in [0.25, 0.3) is 5.91 Å². The first-order valence-electron chi connectivity index (χ1n) is 6.27. The first-order valence-corrected chi connectivity index (χ1v) is 6.27. The number of primary amides is 1. The summed E-state index contributed by atoms with van der Waals surface area (Å²) < 4.78 is 13.4. The summed E-state index contributed by atoms with van der Waals surface area (Å²) in [5.41, 5.74) is 5.32. The number of hydrogen-bond acceptors (Lipinski definition) is 5. The monoisotopic (exact) mass is 281 g/mol. The topological polar surface area (TPSA) is 101 Å². The minimum absolute atomic E-state index is 0.00784. The van der Waals surface area contributed by atoms with Crippen LogP contribution in [0.4, 0.5) is 4.39 Å². The number of likely N-dealkylation sites (tertiary alicyclic amines) is 1. The Hall–Kier alpha value is -2.09. The van der Waals surface area contributed by atoms with Crippen molar-refractivity contribution in [3.63, 3.8) is 0 Å². The molecule has 0 aliphatic carbocycles. The lowest BCUT2D eigenvalue weighted by Crippen LogP contribution is -2.43. The molecule has 0 unspecified atom stereocenters. The third-order valence-electron chi connectivity index (χ3n) is 3.13. The van der Waals surface area contributed by atoms with Crippen molar-refractivity contribution < 1.29 is 14.0 Å². The molecule has 2 rings (SSSR count). The number of nitrogens with zero attached hydrogens (tertiary/aromatic N) is 3. The van der Waals surface area contributed by atoms with Crippen LogP contribution in [0.25, 0.3) is 0 Å². The molecule has 0 radical (unpaired) electrons. The summed E-state index contributed by atoms with van der Waals surface area (Å²) >= 11 is 0. The lowest BCUT2D eigenvalue weighted by molar-refractivity contribution is -0.119. The third-order valence-corrected chi connectivity index (χ3v) is 3.13. The van der Waals surface area contributed by atoms with Gasteiger partial charge in [0.2, 0.25) is 5.91 Å². The summed E-state index contributed by atoms with van der Waals surface area (Å²) in [4.78, 5) is 32.0. The van der Waals surface area contributed by atoms with Crippen LogP contribution in [-0.2, 0) is 4.79 Å². The molecule has 0 saturated carbocycles. The van der Waals surface area contributed by atoms with E-state index in [1.807, 2.05) is 0 Å². The molecule has 1 aliphatic heterocycles. The van der Waals surface area contributed by atoms with Crippen LogP contribution in [-0.4, -0.2) is 58.5 Å². The summed E-state index contributed by atoms with van der Waals surface area (Å²) in [6.07, 6.45) is 3.50. The Morgan fingerprint density at radius 2 is 2.30 bits per heavy atom. The highest BCUT2D eigenvalue weighted by molar-refractivity contribution is 5.91. The molecule has 8 heteroatoms. The van der Waals surface area contributed by atoms with E-state index in [2.05, 4.69) is 15.3 Å². The molecule has 2 heterocycles. The van der Waals surface area contributed by atoms with Gasteiger partial charge in [-0.15, -0.1) is 0 Å². The van der Waals surface area contributed by atoms with Gasteiger partial charge in [-0.05, 0) is 6.42 Å². The second kappa shape index (κ2) is 6.38. The second-order valence-electron chi connectivity index (χ2n) is 4.68. The molecule has 0 bridgehead atoms. The fraction of sp³-hybridized carbons (Fsp3) is 0.500. The van der Waals surface area contributed by atoms with Crippen molar-refractivity contribution in [2.45, 2.75) is 18.6 Å². The number of carbonyl (C=O) groups excluding carboxylic acids is 2. The number of hydrogen-bond donors (Lipinski definition) is 2. The van der Waals surface area contributed by atoms with E-state index in [4.69, 9.17) is 5.73 Å². The van der Waals surface area contributed by atoms with Crippen LogP contribution in [0.2, 0.25) is 0 Å². The standard InChI is InChI=1S/C12H16FN5O2/c13-8-3-9(18(6-8)7-11(14)19)4-17-12(20)10-5-15-1-2-16-10/h1-2,5,8-9H,3-4,6-7H2,(H2,14,19)(H,17,20)/t8-,9-/m0/s1. The van der Waals surface area contributed by atoms with Crippen LogP contribution in [0.15, 0.2) is 18.6 Å². The van der Waals surface area contributed by atoms with Crippen molar-refractivity contribution in [1.29, 1.82) is 0 Å². The number of nitrogens with one attached hydrogen (secondary N) is 1. The van der Waals surface area contributed by atoms with Gasteiger partial charge in [0.15, 0.2) is 0 Å². The van der Waals surface area contributed by atoms with Crippen LogP contribution in [0.1, 0.15) is 16.9 Å². The van der Waals surface area contributed by atoms with Gasteiger partial charge in [-0.25, -0.2) is 9.37 Å². The predicted molar refractivity (Wildman–Crippen MR) is 68.4 cm³/mol. The van der Waals surface area contributed by atoms with E-state index in [0.717, 1.165) is 0 Å². The largest absolute Gasteiger partial charge is 0.369 e. The van der Waals surface area contributed by atoms with E-state index in [-0.39, 0.29) is 43.7 Å². The summed E-state index contributed by atoms with van der Waals surface area (Å²) in [5, 5.41) is 2.66. The van der Waals surface area contributed by atoms with E-state index < -0.39 is 12.1 Å². The smallest absolute Gasteiger partial charge is 0.271 e. The van der Waals surface area contributed by atoms with Gasteiger partial charge < -0.3 is 11.1 Å². The van der Waals surface area contributed by atoms with Gasteiger partial charge in [0.05, 0.1) is 12.7 Å². The van der Waals surface area contributed by atoms with Gasteiger partial charge >= 0.3 is 0 Å². The molecule has 0 aromatic carbocycles. The average Bonchev–Trinajstić information content (AvgIpc) is 2.76. The second-order valence-corrected chi connectivity index (χ2v) is 4.68. The quantitative estimate of drug-likeness (QED) is 0.728. The normalized spacial score (nSPS) is 22.6. The Bertz CT molecular complexity index is 484. The third kappa shape index (κ3) is 3.70. The Kier molecular flexibility index (Phi) is 4.57. The van der Waals surface area contributed by atoms with Crippen molar-refractivity contribution in [1.82, 2.24) is 20.2 Å². The van der Waals surface area contributed by atoms with E-state index in [1.54, 1.807) is 4.90 Å². The maximum absolute atomic E-state index is 13.4. The minimum atomic E-state index is -1.01. The predicted octanol–water partition coefficient (Wildman–Crippen LogP) is -0.896. The molecular formula is C12H16FN5O2. The molecule has 1 aromatic heterocycles. The molecule has 1 fully saturated rings. The molecule has 108 valence electrons. The lowest BCUT2D eigenvalue weighted by atomic mass is 10.2. The fourth-order valence-electron chi connectivity index (χ4n) is 2.25. The molecule has 1 aliphatic rings. The number of rotatable bonds is 5. The first-order chi connectivity index (χ1) is 9.56. The van der Waals surface area contributed by atoms with Crippen LogP contribution in [0.5, 0.6) is 0 Å². The zero-order valence-electron chi connectivity index (χ0n) is 10.8. The molecule has 2 amide bonds. The number of aromatic nitrogens is 2. The maximum Gasteiger partial charge on any atom is 0.271 e. The first kappa shape index (κ1) is 14.3. The molecule has 3 N–H and O–H groups in total. The number of carbonyl (C=O) groups is 2. The average molecular weight is 281 g/mol. The molecule has 7 nitrogen and oxygen atoms in total. The number of nitrogens with two attached hydrogens (primary N) is 1. The zero-order chi connectivity index (χ0) is 14.5. The van der Waals surface area contributed by atoms with Crippen molar-refractivity contribution in [3.05, 3.63) is 24.3 Å². The summed E-state index contributed by atoms with van der Waals surface area (Å²) in [6, 6.07) is -0.238. The fourth-order valence-corrected chi connectivity index (χ4v) is 2.25. The Morgan fingerprint density at radius 3 is 2.95 bits per heavy atom. The summed E-state index contributed by atoms with van der Waals surface area (Å²) in [5.74, 6) is -0.885. The SMILES string of the molecule is NC(=O)CN1C[C@@H](F)C[C@H]1CNC(=O)c1cnccn1. The van der Waals surface area contributed by atoms with Crippen molar-refractivity contribution in [2.24, 2.45) is 5.73 Å². The zero-order valence-corrected chi connectivity index (χ0v) is 10.8. The molecular weight excluding hydrogens is 265 g/mol. The number of amides is 2. The highest BCUT2D eigenvalue weighted by atomic mass is 19.1. The molecule has 1 saturated heterocycles. The van der Waals surface area contributed by atoms with E-state index in [1.165, 1.54) is 18.6 Å². The molecule has 2 atom stereocenters. The molecule has 0 spiro atoms. The molecule has 20 heavy (non-hydrogen) atoms. The summed E-state index contributed by atoms with van der Waals surface area (Å²) in [6.45, 7) is 0.393. The maximum atomic E-state index is 13.4. The summed E-state index contributed by atoms with van der Waals surface area (Å²) in [7, 11) is 0. The van der Waals surface area contributed by atoms with Gasteiger partial charge in [0, 0.05) is 31.5 Å².